The highest BCUT2D eigenvalue weighted by atomic mass is 16.5. The van der Waals surface area contributed by atoms with Crippen molar-refractivity contribution in [2.45, 2.75) is 39.8 Å². The summed E-state index contributed by atoms with van der Waals surface area (Å²) in [5, 5.41) is 5.38. The maximum absolute atomic E-state index is 12.5. The molecule has 3 heteroatoms. The van der Waals surface area contributed by atoms with Gasteiger partial charge in [0, 0.05) is 6.54 Å². The summed E-state index contributed by atoms with van der Waals surface area (Å²) in [6.45, 7) is 6.56. The van der Waals surface area contributed by atoms with Gasteiger partial charge in [0.15, 0.2) is 6.10 Å². The number of hydrogen-bond acceptors (Lipinski definition) is 2. The second-order valence-electron chi connectivity index (χ2n) is 6.66. The van der Waals surface area contributed by atoms with Gasteiger partial charge in [0.1, 0.15) is 5.75 Å². The number of fused-ring (bicyclic) bond motifs is 1. The van der Waals surface area contributed by atoms with Crippen molar-refractivity contribution in [3.05, 3.63) is 77.4 Å². The molecule has 0 aliphatic rings. The molecule has 1 N–H and O–H groups in total. The zero-order chi connectivity index (χ0) is 18.5. The number of aryl methyl sites for hydroxylation is 2. The molecule has 0 saturated carbocycles. The fourth-order valence-corrected chi connectivity index (χ4v) is 2.93. The van der Waals surface area contributed by atoms with Crippen molar-refractivity contribution in [1.82, 2.24) is 5.32 Å². The van der Waals surface area contributed by atoms with Crippen LogP contribution in [0.25, 0.3) is 10.8 Å². The fraction of sp³-hybridized carbons (Fsp3) is 0.261. The molecule has 0 saturated heterocycles. The van der Waals surface area contributed by atoms with Gasteiger partial charge in [0.25, 0.3) is 5.91 Å². The van der Waals surface area contributed by atoms with Crippen LogP contribution in [0.3, 0.4) is 0 Å². The van der Waals surface area contributed by atoms with Crippen LogP contribution < -0.4 is 10.1 Å². The molecular weight excluding hydrogens is 322 g/mol. The molecule has 0 bridgehead atoms. The number of carbonyl (C=O) groups is 1. The minimum atomic E-state index is -0.488. The number of hydrogen-bond donors (Lipinski definition) is 1. The van der Waals surface area contributed by atoms with Crippen LogP contribution in [0.1, 0.15) is 30.0 Å². The van der Waals surface area contributed by atoms with Crippen molar-refractivity contribution in [2.24, 2.45) is 0 Å². The van der Waals surface area contributed by atoms with Gasteiger partial charge in [0.2, 0.25) is 0 Å². The van der Waals surface area contributed by atoms with Gasteiger partial charge in [-0.15, -0.1) is 0 Å². The third-order valence-corrected chi connectivity index (χ3v) is 4.70. The van der Waals surface area contributed by atoms with E-state index in [2.05, 4.69) is 36.5 Å². The van der Waals surface area contributed by atoms with E-state index in [0.717, 1.165) is 16.9 Å². The van der Waals surface area contributed by atoms with E-state index in [1.807, 2.05) is 50.2 Å². The average molecular weight is 347 g/mol. The summed E-state index contributed by atoms with van der Waals surface area (Å²) in [7, 11) is 0. The molecule has 134 valence electrons. The Morgan fingerprint density at radius 3 is 2.46 bits per heavy atom. The first kappa shape index (κ1) is 18.0. The fourth-order valence-electron chi connectivity index (χ4n) is 2.93. The standard InChI is InChI=1S/C23H25NO2/c1-4-22(26-21-12-9-16(2)17(3)13-21)23(25)24-15-18-10-11-19-7-5-6-8-20(19)14-18/h5-14,22H,4,15H2,1-3H3,(H,24,25)/t22-/m0/s1. The molecule has 0 heterocycles. The van der Waals surface area contributed by atoms with Crippen LogP contribution in [-0.4, -0.2) is 12.0 Å². The predicted molar refractivity (Wildman–Crippen MR) is 106 cm³/mol. The Kier molecular flexibility index (Phi) is 5.57. The molecule has 0 radical (unpaired) electrons. The lowest BCUT2D eigenvalue weighted by atomic mass is 10.1. The first-order chi connectivity index (χ1) is 12.6. The van der Waals surface area contributed by atoms with E-state index in [1.165, 1.54) is 16.3 Å². The smallest absolute Gasteiger partial charge is 0.261 e. The summed E-state index contributed by atoms with van der Waals surface area (Å²) in [5.41, 5.74) is 3.46. The number of ether oxygens (including phenoxy) is 1. The van der Waals surface area contributed by atoms with E-state index in [0.29, 0.717) is 13.0 Å². The summed E-state index contributed by atoms with van der Waals surface area (Å²) < 4.78 is 5.91. The van der Waals surface area contributed by atoms with E-state index in [-0.39, 0.29) is 5.91 Å². The summed E-state index contributed by atoms with van der Waals surface area (Å²) in [6, 6.07) is 20.4. The van der Waals surface area contributed by atoms with Crippen LogP contribution >= 0.6 is 0 Å². The van der Waals surface area contributed by atoms with Gasteiger partial charge in [-0.3, -0.25) is 4.79 Å². The van der Waals surface area contributed by atoms with Crippen molar-refractivity contribution in [2.75, 3.05) is 0 Å². The highest BCUT2D eigenvalue weighted by Gasteiger charge is 2.18. The molecule has 1 atom stereocenters. The Labute approximate surface area is 155 Å². The van der Waals surface area contributed by atoms with Crippen molar-refractivity contribution in [3.63, 3.8) is 0 Å². The van der Waals surface area contributed by atoms with E-state index >= 15 is 0 Å². The van der Waals surface area contributed by atoms with Crippen molar-refractivity contribution in [3.8, 4) is 5.75 Å². The van der Waals surface area contributed by atoms with E-state index in [9.17, 15) is 4.79 Å². The number of nitrogens with one attached hydrogen (secondary N) is 1. The molecule has 0 unspecified atom stereocenters. The zero-order valence-electron chi connectivity index (χ0n) is 15.6. The van der Waals surface area contributed by atoms with Crippen LogP contribution in [0.15, 0.2) is 60.7 Å². The highest BCUT2D eigenvalue weighted by molar-refractivity contribution is 5.83. The first-order valence-electron chi connectivity index (χ1n) is 9.06. The van der Waals surface area contributed by atoms with Gasteiger partial charge in [0.05, 0.1) is 0 Å². The van der Waals surface area contributed by atoms with Crippen LogP contribution in [0.4, 0.5) is 0 Å². The minimum Gasteiger partial charge on any atom is -0.481 e. The maximum atomic E-state index is 12.5. The topological polar surface area (TPSA) is 38.3 Å². The van der Waals surface area contributed by atoms with Crippen LogP contribution in [0, 0.1) is 13.8 Å². The van der Waals surface area contributed by atoms with E-state index in [1.54, 1.807) is 0 Å². The highest BCUT2D eigenvalue weighted by Crippen LogP contribution is 2.19. The van der Waals surface area contributed by atoms with Crippen LogP contribution in [-0.2, 0) is 11.3 Å². The van der Waals surface area contributed by atoms with E-state index < -0.39 is 6.10 Å². The third kappa shape index (κ3) is 4.23. The lowest BCUT2D eigenvalue weighted by Gasteiger charge is -2.18. The maximum Gasteiger partial charge on any atom is 0.261 e. The van der Waals surface area contributed by atoms with Gasteiger partial charge in [-0.1, -0.05) is 49.4 Å². The Balaban J connectivity index is 1.63. The minimum absolute atomic E-state index is 0.0844. The van der Waals surface area contributed by atoms with Gasteiger partial charge in [-0.2, -0.15) is 0 Å². The molecule has 0 spiro atoms. The number of rotatable bonds is 6. The van der Waals surface area contributed by atoms with Gasteiger partial charge >= 0.3 is 0 Å². The van der Waals surface area contributed by atoms with Gasteiger partial charge < -0.3 is 10.1 Å². The molecule has 1 amide bonds. The molecule has 26 heavy (non-hydrogen) atoms. The van der Waals surface area contributed by atoms with Crippen molar-refractivity contribution in [1.29, 1.82) is 0 Å². The summed E-state index contributed by atoms with van der Waals surface area (Å²) >= 11 is 0. The van der Waals surface area contributed by atoms with Crippen molar-refractivity contribution >= 4 is 16.7 Å². The second-order valence-corrected chi connectivity index (χ2v) is 6.66. The third-order valence-electron chi connectivity index (χ3n) is 4.70. The zero-order valence-corrected chi connectivity index (χ0v) is 15.6. The molecular formula is C23H25NO2. The number of benzene rings is 3. The van der Waals surface area contributed by atoms with Crippen LogP contribution in [0.2, 0.25) is 0 Å². The second kappa shape index (κ2) is 8.05. The molecule has 3 aromatic carbocycles. The molecule has 3 rings (SSSR count). The number of carbonyl (C=O) groups excluding carboxylic acids is 1. The summed E-state index contributed by atoms with van der Waals surface area (Å²) in [5.74, 6) is 0.652. The molecule has 0 fully saturated rings. The molecule has 0 aliphatic carbocycles. The molecule has 0 aliphatic heterocycles. The Hall–Kier alpha value is -2.81. The lowest BCUT2D eigenvalue weighted by molar-refractivity contribution is -0.128. The lowest BCUT2D eigenvalue weighted by Crippen LogP contribution is -2.37. The van der Waals surface area contributed by atoms with Crippen LogP contribution in [0.5, 0.6) is 5.75 Å². The normalized spacial score (nSPS) is 12.0. The Morgan fingerprint density at radius 1 is 0.962 bits per heavy atom. The molecule has 3 nitrogen and oxygen atoms in total. The Morgan fingerprint density at radius 2 is 1.73 bits per heavy atom. The molecule has 0 aromatic heterocycles. The summed E-state index contributed by atoms with van der Waals surface area (Å²) in [6.07, 6.45) is 0.133. The van der Waals surface area contributed by atoms with Gasteiger partial charge in [-0.25, -0.2) is 0 Å². The first-order valence-corrected chi connectivity index (χ1v) is 9.06. The monoisotopic (exact) mass is 347 g/mol. The van der Waals surface area contributed by atoms with Gasteiger partial charge in [-0.05, 0) is 65.9 Å². The number of amides is 1. The largest absolute Gasteiger partial charge is 0.481 e. The van der Waals surface area contributed by atoms with E-state index in [4.69, 9.17) is 4.74 Å². The predicted octanol–water partition coefficient (Wildman–Crippen LogP) is 4.93. The summed E-state index contributed by atoms with van der Waals surface area (Å²) in [4.78, 5) is 12.5. The molecule has 3 aromatic rings. The SMILES string of the molecule is CC[C@H](Oc1ccc(C)c(C)c1)C(=O)NCc1ccc2ccccc2c1. The Bertz CT molecular complexity index is 917. The quantitative estimate of drug-likeness (QED) is 0.686. The van der Waals surface area contributed by atoms with Crippen molar-refractivity contribution < 1.29 is 9.53 Å². The average Bonchev–Trinajstić information content (AvgIpc) is 2.66.